The van der Waals surface area contributed by atoms with Gasteiger partial charge in [-0.25, -0.2) is 4.79 Å². The van der Waals surface area contributed by atoms with Gasteiger partial charge in [0.05, 0.1) is 18.6 Å². The van der Waals surface area contributed by atoms with Gasteiger partial charge in [-0.15, -0.1) is 11.3 Å². The number of carbonyl (C=O) groups excluding carboxylic acids is 3. The monoisotopic (exact) mass is 491 g/mol. The predicted molar refractivity (Wildman–Crippen MR) is 136 cm³/mol. The molecule has 0 bridgehead atoms. The minimum atomic E-state index is -0.474. The van der Waals surface area contributed by atoms with Gasteiger partial charge in [0.25, 0.3) is 5.91 Å². The van der Waals surface area contributed by atoms with Crippen LogP contribution in [0.15, 0.2) is 60.7 Å². The van der Waals surface area contributed by atoms with E-state index in [1.807, 2.05) is 60.7 Å². The Morgan fingerprint density at radius 1 is 0.914 bits per heavy atom. The SMILES string of the molecule is CCOC(=O)c1c(NC(=O)COC(=O)CC(c2ccccc2)c2ccccc2)sc2c1CCCC2. The molecule has 1 aliphatic carbocycles. The van der Waals surface area contributed by atoms with Crippen molar-refractivity contribution in [2.45, 2.75) is 44.9 Å². The van der Waals surface area contributed by atoms with Crippen molar-refractivity contribution >= 4 is 34.2 Å². The number of ether oxygens (including phenoxy) is 2. The summed E-state index contributed by atoms with van der Waals surface area (Å²) in [4.78, 5) is 39.1. The Kier molecular flexibility index (Phi) is 8.32. The number of aryl methyl sites for hydroxylation is 1. The van der Waals surface area contributed by atoms with Crippen molar-refractivity contribution in [3.8, 4) is 0 Å². The first-order valence-electron chi connectivity index (χ1n) is 11.9. The Balaban J connectivity index is 1.41. The highest BCUT2D eigenvalue weighted by Crippen LogP contribution is 2.38. The van der Waals surface area contributed by atoms with Crippen LogP contribution in [0.4, 0.5) is 5.00 Å². The first-order valence-corrected chi connectivity index (χ1v) is 12.8. The zero-order chi connectivity index (χ0) is 24.6. The van der Waals surface area contributed by atoms with Gasteiger partial charge < -0.3 is 14.8 Å². The molecule has 0 unspecified atom stereocenters. The van der Waals surface area contributed by atoms with E-state index in [1.165, 1.54) is 11.3 Å². The molecule has 3 aromatic rings. The van der Waals surface area contributed by atoms with Crippen LogP contribution in [-0.4, -0.2) is 31.1 Å². The van der Waals surface area contributed by atoms with Gasteiger partial charge >= 0.3 is 11.9 Å². The average Bonchev–Trinajstić information content (AvgIpc) is 3.25. The van der Waals surface area contributed by atoms with Gasteiger partial charge in [-0.05, 0) is 49.3 Å². The van der Waals surface area contributed by atoms with Gasteiger partial charge in [0.2, 0.25) is 0 Å². The normalized spacial score (nSPS) is 12.6. The molecule has 6 nitrogen and oxygen atoms in total. The van der Waals surface area contributed by atoms with E-state index >= 15 is 0 Å². The average molecular weight is 492 g/mol. The highest BCUT2D eigenvalue weighted by Gasteiger charge is 2.27. The number of hydrogen-bond acceptors (Lipinski definition) is 6. The summed E-state index contributed by atoms with van der Waals surface area (Å²) in [7, 11) is 0. The van der Waals surface area contributed by atoms with Crippen molar-refractivity contribution in [2.75, 3.05) is 18.5 Å². The maximum absolute atomic E-state index is 12.7. The molecular formula is C28H29NO5S. The fourth-order valence-corrected chi connectivity index (χ4v) is 5.70. The van der Waals surface area contributed by atoms with Crippen molar-refractivity contribution in [1.82, 2.24) is 0 Å². The fraction of sp³-hybridized carbons (Fsp3) is 0.321. The third-order valence-corrected chi connectivity index (χ3v) is 7.25. The Hall–Kier alpha value is -3.45. The van der Waals surface area contributed by atoms with E-state index in [4.69, 9.17) is 9.47 Å². The molecule has 2 aromatic carbocycles. The Morgan fingerprint density at radius 3 is 2.17 bits per heavy atom. The van der Waals surface area contributed by atoms with Crippen LogP contribution in [0.5, 0.6) is 0 Å². The fourth-order valence-electron chi connectivity index (χ4n) is 4.41. The zero-order valence-electron chi connectivity index (χ0n) is 19.8. The van der Waals surface area contributed by atoms with E-state index in [-0.39, 0.29) is 18.9 Å². The second kappa shape index (κ2) is 11.8. The smallest absolute Gasteiger partial charge is 0.341 e. The zero-order valence-corrected chi connectivity index (χ0v) is 20.6. The quantitative estimate of drug-likeness (QED) is 0.399. The van der Waals surface area contributed by atoms with Crippen molar-refractivity contribution < 1.29 is 23.9 Å². The molecule has 0 aliphatic heterocycles. The lowest BCUT2D eigenvalue weighted by atomic mass is 9.89. The molecule has 35 heavy (non-hydrogen) atoms. The molecule has 0 saturated carbocycles. The summed E-state index contributed by atoms with van der Waals surface area (Å²) in [6.07, 6.45) is 3.86. The van der Waals surface area contributed by atoms with E-state index in [9.17, 15) is 14.4 Å². The molecule has 0 radical (unpaired) electrons. The van der Waals surface area contributed by atoms with Crippen LogP contribution in [0.3, 0.4) is 0 Å². The van der Waals surface area contributed by atoms with E-state index in [1.54, 1.807) is 6.92 Å². The number of carbonyl (C=O) groups is 3. The van der Waals surface area contributed by atoms with Crippen LogP contribution in [-0.2, 0) is 31.9 Å². The van der Waals surface area contributed by atoms with Gasteiger partial charge in [-0.1, -0.05) is 60.7 Å². The molecular weight excluding hydrogens is 462 g/mol. The standard InChI is InChI=1S/C28H29NO5S/c1-2-33-28(32)26-21-15-9-10-16-23(21)35-27(26)29-24(30)18-34-25(31)17-22(19-11-5-3-6-12-19)20-13-7-4-8-14-20/h3-8,11-14,22H,2,9-10,15-18H2,1H3,(H,29,30). The topological polar surface area (TPSA) is 81.7 Å². The maximum atomic E-state index is 12.7. The minimum Gasteiger partial charge on any atom is -0.462 e. The first kappa shape index (κ1) is 24.7. The van der Waals surface area contributed by atoms with E-state index in [0.717, 1.165) is 47.3 Å². The summed E-state index contributed by atoms with van der Waals surface area (Å²) in [5.41, 5.74) is 3.42. The summed E-state index contributed by atoms with van der Waals surface area (Å²) in [6.45, 7) is 1.60. The molecule has 0 atom stereocenters. The molecule has 0 fully saturated rings. The summed E-state index contributed by atoms with van der Waals surface area (Å²) >= 11 is 1.41. The van der Waals surface area contributed by atoms with Gasteiger partial charge in [-0.2, -0.15) is 0 Å². The highest BCUT2D eigenvalue weighted by molar-refractivity contribution is 7.17. The number of hydrogen-bond donors (Lipinski definition) is 1. The van der Waals surface area contributed by atoms with Crippen molar-refractivity contribution in [3.63, 3.8) is 0 Å². The third kappa shape index (κ3) is 6.17. The van der Waals surface area contributed by atoms with Gasteiger partial charge in [0.1, 0.15) is 5.00 Å². The number of rotatable bonds is 9. The number of benzene rings is 2. The lowest BCUT2D eigenvalue weighted by Gasteiger charge is -2.17. The lowest BCUT2D eigenvalue weighted by molar-refractivity contribution is -0.147. The molecule has 1 aromatic heterocycles. The van der Waals surface area contributed by atoms with Crippen LogP contribution in [0.2, 0.25) is 0 Å². The predicted octanol–water partition coefficient (Wildman–Crippen LogP) is 5.51. The van der Waals surface area contributed by atoms with Gasteiger partial charge in [0, 0.05) is 10.8 Å². The summed E-state index contributed by atoms with van der Waals surface area (Å²) < 4.78 is 10.6. The molecule has 182 valence electrons. The molecule has 1 aliphatic rings. The molecule has 7 heteroatoms. The van der Waals surface area contributed by atoms with Crippen LogP contribution in [0.1, 0.15) is 64.0 Å². The van der Waals surface area contributed by atoms with Crippen molar-refractivity contribution in [1.29, 1.82) is 0 Å². The van der Waals surface area contributed by atoms with Crippen molar-refractivity contribution in [2.24, 2.45) is 0 Å². The second-order valence-corrected chi connectivity index (χ2v) is 9.53. The van der Waals surface area contributed by atoms with Crippen LogP contribution in [0.25, 0.3) is 0 Å². The Labute approximate surface area is 209 Å². The third-order valence-electron chi connectivity index (χ3n) is 6.04. The molecule has 1 amide bonds. The minimum absolute atomic E-state index is 0.114. The lowest BCUT2D eigenvalue weighted by Crippen LogP contribution is -2.22. The van der Waals surface area contributed by atoms with Gasteiger partial charge in [-0.3, -0.25) is 9.59 Å². The largest absolute Gasteiger partial charge is 0.462 e. The number of nitrogens with one attached hydrogen (secondary N) is 1. The number of amides is 1. The molecule has 1 heterocycles. The van der Waals surface area contributed by atoms with Gasteiger partial charge in [0.15, 0.2) is 6.61 Å². The summed E-state index contributed by atoms with van der Waals surface area (Å²) in [5.74, 6) is -1.53. The van der Waals surface area contributed by atoms with E-state index in [2.05, 4.69) is 5.32 Å². The van der Waals surface area contributed by atoms with Crippen LogP contribution in [0, 0.1) is 0 Å². The van der Waals surface area contributed by atoms with Crippen LogP contribution >= 0.6 is 11.3 Å². The molecule has 4 rings (SSSR count). The molecule has 1 N–H and O–H groups in total. The summed E-state index contributed by atoms with van der Waals surface area (Å²) in [5, 5.41) is 3.26. The Bertz CT molecular complexity index is 1130. The summed E-state index contributed by atoms with van der Waals surface area (Å²) in [6, 6.07) is 19.5. The number of esters is 2. The van der Waals surface area contributed by atoms with Crippen LogP contribution < -0.4 is 5.32 Å². The second-order valence-electron chi connectivity index (χ2n) is 8.42. The number of anilines is 1. The van der Waals surface area contributed by atoms with E-state index < -0.39 is 24.5 Å². The molecule has 0 saturated heterocycles. The Morgan fingerprint density at radius 2 is 1.54 bits per heavy atom. The highest BCUT2D eigenvalue weighted by atomic mass is 32.1. The maximum Gasteiger partial charge on any atom is 0.341 e. The number of fused-ring (bicyclic) bond motifs is 1. The molecule has 0 spiro atoms. The first-order chi connectivity index (χ1) is 17.1. The van der Waals surface area contributed by atoms with E-state index in [0.29, 0.717) is 10.6 Å². The van der Waals surface area contributed by atoms with Crippen molar-refractivity contribution in [3.05, 3.63) is 87.8 Å². The number of thiophene rings is 1.